The number of methoxy groups -OCH3 is 1. The Morgan fingerprint density at radius 1 is 1.36 bits per heavy atom. The minimum absolute atomic E-state index is 0.0132. The molecule has 0 radical (unpaired) electrons. The van der Waals surface area contributed by atoms with E-state index in [2.05, 4.69) is 10.6 Å². The average molecular weight is 304 g/mol. The molecule has 120 valence electrons. The molecule has 0 bridgehead atoms. The molecule has 1 aromatic carbocycles. The number of benzene rings is 1. The van der Waals surface area contributed by atoms with Crippen LogP contribution in [0.1, 0.15) is 31.2 Å². The van der Waals surface area contributed by atoms with Crippen LogP contribution < -0.4 is 15.4 Å². The fraction of sp³-hybridized carbons (Fsp3) is 0.471. The highest BCUT2D eigenvalue weighted by Crippen LogP contribution is 2.31. The van der Waals surface area contributed by atoms with E-state index in [0.717, 1.165) is 28.0 Å². The number of furan rings is 1. The lowest BCUT2D eigenvalue weighted by Gasteiger charge is -2.16. The molecule has 1 amide bonds. The summed E-state index contributed by atoms with van der Waals surface area (Å²) in [6.07, 6.45) is 0. The first-order chi connectivity index (χ1) is 10.5. The summed E-state index contributed by atoms with van der Waals surface area (Å²) >= 11 is 0. The second-order valence-corrected chi connectivity index (χ2v) is 5.64. The SMILES string of the molecule is CNCC(C)C(=O)NC(C)c1oc2ccc(OC)cc2c1C. The highest BCUT2D eigenvalue weighted by atomic mass is 16.5. The van der Waals surface area contributed by atoms with E-state index in [1.807, 2.05) is 46.0 Å². The number of nitrogens with one attached hydrogen (secondary N) is 2. The summed E-state index contributed by atoms with van der Waals surface area (Å²) in [5.74, 6) is 1.51. The predicted octanol–water partition coefficient (Wildman–Crippen LogP) is 2.78. The van der Waals surface area contributed by atoms with Gasteiger partial charge in [0.05, 0.1) is 13.2 Å². The Hall–Kier alpha value is -2.01. The molecular weight excluding hydrogens is 280 g/mol. The van der Waals surface area contributed by atoms with Crippen LogP contribution in [0.25, 0.3) is 11.0 Å². The smallest absolute Gasteiger partial charge is 0.224 e. The Balaban J connectivity index is 2.23. The van der Waals surface area contributed by atoms with Gasteiger partial charge in [0.2, 0.25) is 5.91 Å². The van der Waals surface area contributed by atoms with Crippen molar-refractivity contribution in [3.05, 3.63) is 29.5 Å². The van der Waals surface area contributed by atoms with Gasteiger partial charge in [0, 0.05) is 23.4 Å². The molecule has 0 aliphatic heterocycles. The van der Waals surface area contributed by atoms with Crippen molar-refractivity contribution in [2.45, 2.75) is 26.8 Å². The summed E-state index contributed by atoms with van der Waals surface area (Å²) in [7, 11) is 3.48. The van der Waals surface area contributed by atoms with Crippen LogP contribution in [0.3, 0.4) is 0 Å². The highest BCUT2D eigenvalue weighted by molar-refractivity contribution is 5.84. The van der Waals surface area contributed by atoms with E-state index in [9.17, 15) is 4.79 Å². The van der Waals surface area contributed by atoms with E-state index in [-0.39, 0.29) is 17.9 Å². The molecule has 22 heavy (non-hydrogen) atoms. The number of fused-ring (bicyclic) bond motifs is 1. The van der Waals surface area contributed by atoms with Crippen molar-refractivity contribution < 1.29 is 13.9 Å². The maximum absolute atomic E-state index is 12.1. The van der Waals surface area contributed by atoms with Gasteiger partial charge in [-0.2, -0.15) is 0 Å². The van der Waals surface area contributed by atoms with Gasteiger partial charge < -0.3 is 19.8 Å². The van der Waals surface area contributed by atoms with E-state index in [0.29, 0.717) is 6.54 Å². The van der Waals surface area contributed by atoms with Crippen LogP contribution in [0, 0.1) is 12.8 Å². The first kappa shape index (κ1) is 16.4. The van der Waals surface area contributed by atoms with E-state index in [1.165, 1.54) is 0 Å². The molecule has 2 aromatic rings. The molecule has 0 saturated carbocycles. The van der Waals surface area contributed by atoms with Crippen molar-refractivity contribution in [2.24, 2.45) is 5.92 Å². The Morgan fingerprint density at radius 3 is 2.73 bits per heavy atom. The van der Waals surface area contributed by atoms with Crippen molar-refractivity contribution in [3.63, 3.8) is 0 Å². The zero-order valence-electron chi connectivity index (χ0n) is 13.8. The number of rotatable bonds is 6. The summed E-state index contributed by atoms with van der Waals surface area (Å²) in [5.41, 5.74) is 1.83. The number of aryl methyl sites for hydroxylation is 1. The molecule has 0 saturated heterocycles. The Bertz CT molecular complexity index is 663. The molecule has 2 rings (SSSR count). The molecule has 1 aromatic heterocycles. The average Bonchev–Trinajstić information content (AvgIpc) is 2.84. The van der Waals surface area contributed by atoms with Crippen LogP contribution in [0.2, 0.25) is 0 Å². The quantitative estimate of drug-likeness (QED) is 0.861. The first-order valence-corrected chi connectivity index (χ1v) is 7.50. The summed E-state index contributed by atoms with van der Waals surface area (Å²) in [6.45, 7) is 6.48. The number of hydrogen-bond donors (Lipinski definition) is 2. The van der Waals surface area contributed by atoms with Gasteiger partial charge in [-0.05, 0) is 39.1 Å². The summed E-state index contributed by atoms with van der Waals surface area (Å²) in [4.78, 5) is 12.1. The van der Waals surface area contributed by atoms with Crippen LogP contribution in [-0.2, 0) is 4.79 Å². The van der Waals surface area contributed by atoms with Gasteiger partial charge in [-0.15, -0.1) is 0 Å². The third-order valence-electron chi connectivity index (χ3n) is 3.89. The summed E-state index contributed by atoms with van der Waals surface area (Å²) < 4.78 is 11.2. The maximum atomic E-state index is 12.1. The molecule has 1 heterocycles. The van der Waals surface area contributed by atoms with Crippen LogP contribution >= 0.6 is 0 Å². The lowest BCUT2D eigenvalue weighted by Crippen LogP contribution is -2.35. The largest absolute Gasteiger partial charge is 0.497 e. The number of carbonyl (C=O) groups is 1. The highest BCUT2D eigenvalue weighted by Gasteiger charge is 2.21. The predicted molar refractivity (Wildman–Crippen MR) is 87.2 cm³/mol. The van der Waals surface area contributed by atoms with Gasteiger partial charge in [0.1, 0.15) is 17.1 Å². The normalized spacial score (nSPS) is 13.9. The van der Waals surface area contributed by atoms with Gasteiger partial charge in [-0.1, -0.05) is 6.92 Å². The number of carbonyl (C=O) groups excluding carboxylic acids is 1. The Morgan fingerprint density at radius 2 is 2.09 bits per heavy atom. The molecular formula is C17H24N2O3. The molecule has 0 aliphatic carbocycles. The van der Waals surface area contributed by atoms with Crippen LogP contribution in [0.5, 0.6) is 5.75 Å². The first-order valence-electron chi connectivity index (χ1n) is 7.50. The third-order valence-corrected chi connectivity index (χ3v) is 3.89. The second-order valence-electron chi connectivity index (χ2n) is 5.64. The zero-order chi connectivity index (χ0) is 16.3. The van der Waals surface area contributed by atoms with Crippen molar-refractivity contribution in [1.82, 2.24) is 10.6 Å². The van der Waals surface area contributed by atoms with E-state index in [4.69, 9.17) is 9.15 Å². The second kappa shape index (κ2) is 6.83. The Labute approximate surface area is 131 Å². The monoisotopic (exact) mass is 304 g/mol. The summed E-state index contributed by atoms with van der Waals surface area (Å²) in [5, 5.41) is 7.03. The molecule has 5 nitrogen and oxygen atoms in total. The van der Waals surface area contributed by atoms with Crippen LogP contribution in [0.15, 0.2) is 22.6 Å². The zero-order valence-corrected chi connectivity index (χ0v) is 13.8. The number of ether oxygens (including phenoxy) is 1. The fourth-order valence-corrected chi connectivity index (χ4v) is 2.58. The molecule has 2 unspecified atom stereocenters. The van der Waals surface area contributed by atoms with Crippen molar-refractivity contribution in [1.29, 1.82) is 0 Å². The van der Waals surface area contributed by atoms with Crippen LogP contribution in [-0.4, -0.2) is 26.6 Å². The van der Waals surface area contributed by atoms with Gasteiger partial charge in [-0.3, -0.25) is 4.79 Å². The molecule has 0 fully saturated rings. The van der Waals surface area contributed by atoms with E-state index >= 15 is 0 Å². The molecule has 5 heteroatoms. The molecule has 2 atom stereocenters. The number of amides is 1. The van der Waals surface area contributed by atoms with Crippen molar-refractivity contribution >= 4 is 16.9 Å². The van der Waals surface area contributed by atoms with Gasteiger partial charge in [-0.25, -0.2) is 0 Å². The molecule has 0 aliphatic rings. The number of hydrogen-bond acceptors (Lipinski definition) is 4. The minimum atomic E-state index is -0.176. The van der Waals surface area contributed by atoms with E-state index < -0.39 is 0 Å². The van der Waals surface area contributed by atoms with Crippen LogP contribution in [0.4, 0.5) is 0 Å². The van der Waals surface area contributed by atoms with E-state index in [1.54, 1.807) is 7.11 Å². The topological polar surface area (TPSA) is 63.5 Å². The maximum Gasteiger partial charge on any atom is 0.224 e. The lowest BCUT2D eigenvalue weighted by atomic mass is 10.1. The van der Waals surface area contributed by atoms with Crippen molar-refractivity contribution in [2.75, 3.05) is 20.7 Å². The fourth-order valence-electron chi connectivity index (χ4n) is 2.58. The van der Waals surface area contributed by atoms with Crippen molar-refractivity contribution in [3.8, 4) is 5.75 Å². The molecule has 2 N–H and O–H groups in total. The third kappa shape index (κ3) is 3.25. The molecule has 0 spiro atoms. The summed E-state index contributed by atoms with van der Waals surface area (Å²) in [6, 6.07) is 5.54. The van der Waals surface area contributed by atoms with Gasteiger partial charge in [0.25, 0.3) is 0 Å². The minimum Gasteiger partial charge on any atom is -0.497 e. The lowest BCUT2D eigenvalue weighted by molar-refractivity contribution is -0.125. The van der Waals surface area contributed by atoms with Gasteiger partial charge >= 0.3 is 0 Å². The standard InChI is InChI=1S/C17H24N2O3/c1-10(9-18-4)17(20)19-12(3)16-11(2)14-8-13(21-5)6-7-15(14)22-16/h6-8,10,12,18H,9H2,1-5H3,(H,19,20). The Kier molecular flexibility index (Phi) is 5.08. The van der Waals surface area contributed by atoms with Gasteiger partial charge in [0.15, 0.2) is 0 Å².